The van der Waals surface area contributed by atoms with Crippen molar-refractivity contribution in [3.05, 3.63) is 95.1 Å². The monoisotopic (exact) mass is 444 g/mol. The zero-order valence-corrected chi connectivity index (χ0v) is 19.7. The van der Waals surface area contributed by atoms with Crippen LogP contribution in [0.4, 0.5) is 11.4 Å². The highest BCUT2D eigenvalue weighted by Gasteiger charge is 2.34. The van der Waals surface area contributed by atoms with Gasteiger partial charge < -0.3 is 5.32 Å². The second kappa shape index (κ2) is 8.83. The Morgan fingerprint density at radius 2 is 1.56 bits per heavy atom. The van der Waals surface area contributed by atoms with Crippen LogP contribution in [-0.2, 0) is 10.2 Å². The highest BCUT2D eigenvalue weighted by molar-refractivity contribution is 8.00. The lowest BCUT2D eigenvalue weighted by molar-refractivity contribution is -0.115. The Hall–Kier alpha value is -3.05. The molecule has 32 heavy (non-hydrogen) atoms. The first-order valence-electron chi connectivity index (χ1n) is 10.7. The van der Waals surface area contributed by atoms with E-state index < -0.39 is 0 Å². The third-order valence-corrected chi connectivity index (χ3v) is 6.86. The van der Waals surface area contributed by atoms with Crippen molar-refractivity contribution in [2.45, 2.75) is 38.5 Å². The summed E-state index contributed by atoms with van der Waals surface area (Å²) in [4.78, 5) is 27.0. The third-order valence-electron chi connectivity index (χ3n) is 5.65. The van der Waals surface area contributed by atoms with Crippen LogP contribution in [0, 0.1) is 6.92 Å². The zero-order valence-electron chi connectivity index (χ0n) is 18.9. The summed E-state index contributed by atoms with van der Waals surface area (Å²) in [5.74, 6) is 0.432. The Bertz CT molecular complexity index is 1110. The molecule has 1 atom stereocenters. The Labute approximate surface area is 194 Å². The van der Waals surface area contributed by atoms with Crippen LogP contribution in [0.1, 0.15) is 53.2 Å². The van der Waals surface area contributed by atoms with E-state index in [9.17, 15) is 9.59 Å². The highest BCUT2D eigenvalue weighted by Crippen LogP contribution is 2.42. The number of nitrogens with one attached hydrogen (secondary N) is 1. The molecule has 3 aromatic rings. The van der Waals surface area contributed by atoms with Crippen molar-refractivity contribution in [2.75, 3.05) is 16.0 Å². The van der Waals surface area contributed by atoms with Gasteiger partial charge in [0.1, 0.15) is 5.37 Å². The molecule has 1 aliphatic heterocycles. The number of thioether (sulfide) groups is 1. The minimum atomic E-state index is -0.135. The van der Waals surface area contributed by atoms with Crippen LogP contribution in [0.15, 0.2) is 72.8 Å². The number of aryl methyl sites for hydroxylation is 1. The summed E-state index contributed by atoms with van der Waals surface area (Å²) in [5.41, 5.74) is 5.73. The van der Waals surface area contributed by atoms with Crippen LogP contribution < -0.4 is 10.2 Å². The maximum Gasteiger partial charge on any atom is 0.255 e. The van der Waals surface area contributed by atoms with Crippen molar-refractivity contribution in [2.24, 2.45) is 0 Å². The lowest BCUT2D eigenvalue weighted by atomic mass is 9.87. The quantitative estimate of drug-likeness (QED) is 0.512. The second-order valence-corrected chi connectivity index (χ2v) is 10.2. The standard InChI is InChI=1S/C27H28N2O2S/c1-18-5-7-19(8-6-18)25(31)28-22-13-9-20(10-14-22)26-29(24(30)17-32-26)23-15-11-21(12-16-23)27(2,3)4/h5-16,26H,17H2,1-4H3,(H,28,31). The first-order valence-corrected chi connectivity index (χ1v) is 11.8. The minimum absolute atomic E-state index is 0.0700. The molecule has 4 nitrogen and oxygen atoms in total. The third kappa shape index (κ3) is 4.73. The molecule has 0 bridgehead atoms. The van der Waals surface area contributed by atoms with Gasteiger partial charge in [0.05, 0.1) is 5.75 Å². The molecule has 0 spiro atoms. The normalized spacial score (nSPS) is 16.3. The molecule has 1 saturated heterocycles. The number of amides is 2. The molecule has 1 heterocycles. The van der Waals surface area contributed by atoms with Gasteiger partial charge in [0.15, 0.2) is 0 Å². The van der Waals surface area contributed by atoms with Gasteiger partial charge in [-0.05, 0) is 59.9 Å². The number of carbonyl (C=O) groups is 2. The minimum Gasteiger partial charge on any atom is -0.322 e. The Morgan fingerprint density at radius 3 is 2.16 bits per heavy atom. The predicted molar refractivity (Wildman–Crippen MR) is 133 cm³/mol. The molecule has 0 aliphatic carbocycles. The average Bonchev–Trinajstić information content (AvgIpc) is 3.15. The molecule has 3 aromatic carbocycles. The molecule has 0 aromatic heterocycles. The summed E-state index contributed by atoms with van der Waals surface area (Å²) in [6.07, 6.45) is 0. The molecular weight excluding hydrogens is 416 g/mol. The van der Waals surface area contributed by atoms with Gasteiger partial charge in [0, 0.05) is 16.9 Å². The molecule has 2 amide bonds. The number of carbonyl (C=O) groups excluding carboxylic acids is 2. The first-order chi connectivity index (χ1) is 15.2. The van der Waals surface area contributed by atoms with Crippen molar-refractivity contribution < 1.29 is 9.59 Å². The van der Waals surface area contributed by atoms with E-state index in [1.54, 1.807) is 11.8 Å². The van der Waals surface area contributed by atoms with Crippen molar-refractivity contribution >= 4 is 35.0 Å². The van der Waals surface area contributed by atoms with Gasteiger partial charge in [-0.2, -0.15) is 0 Å². The first kappa shape index (κ1) is 22.2. The summed E-state index contributed by atoms with van der Waals surface area (Å²) in [7, 11) is 0. The SMILES string of the molecule is Cc1ccc(C(=O)Nc2ccc(C3SCC(=O)N3c3ccc(C(C)(C)C)cc3)cc2)cc1. The fourth-order valence-corrected chi connectivity index (χ4v) is 4.89. The van der Waals surface area contributed by atoms with Crippen molar-refractivity contribution in [3.63, 3.8) is 0 Å². The highest BCUT2D eigenvalue weighted by atomic mass is 32.2. The van der Waals surface area contributed by atoms with Crippen LogP contribution in [-0.4, -0.2) is 17.6 Å². The molecule has 164 valence electrons. The number of nitrogens with zero attached hydrogens (tertiary/aromatic N) is 1. The van der Waals surface area contributed by atoms with E-state index in [1.807, 2.05) is 72.5 Å². The molecular formula is C27H28N2O2S. The fraction of sp³-hybridized carbons (Fsp3) is 0.259. The molecule has 1 aliphatic rings. The van der Waals surface area contributed by atoms with Gasteiger partial charge in [0.25, 0.3) is 5.91 Å². The molecule has 5 heteroatoms. The lowest BCUT2D eigenvalue weighted by Gasteiger charge is -2.26. The van der Waals surface area contributed by atoms with Gasteiger partial charge in [-0.1, -0.05) is 62.7 Å². The van der Waals surface area contributed by atoms with E-state index >= 15 is 0 Å². The largest absolute Gasteiger partial charge is 0.322 e. The Balaban J connectivity index is 1.50. The molecule has 0 saturated carbocycles. The number of hydrogen-bond donors (Lipinski definition) is 1. The number of hydrogen-bond acceptors (Lipinski definition) is 3. The maximum absolute atomic E-state index is 12.7. The van der Waals surface area contributed by atoms with Crippen molar-refractivity contribution in [3.8, 4) is 0 Å². The maximum atomic E-state index is 12.7. The lowest BCUT2D eigenvalue weighted by Crippen LogP contribution is -2.28. The number of benzene rings is 3. The molecule has 4 rings (SSSR count). The molecule has 0 radical (unpaired) electrons. The topological polar surface area (TPSA) is 49.4 Å². The second-order valence-electron chi connectivity index (χ2n) is 9.17. The smallest absolute Gasteiger partial charge is 0.255 e. The molecule has 1 N–H and O–H groups in total. The van der Waals surface area contributed by atoms with Crippen LogP contribution >= 0.6 is 11.8 Å². The summed E-state index contributed by atoms with van der Waals surface area (Å²) < 4.78 is 0. The van der Waals surface area contributed by atoms with E-state index in [1.165, 1.54) is 5.56 Å². The van der Waals surface area contributed by atoms with Gasteiger partial charge in [-0.3, -0.25) is 14.5 Å². The van der Waals surface area contributed by atoms with Crippen LogP contribution in [0.5, 0.6) is 0 Å². The van der Waals surface area contributed by atoms with Gasteiger partial charge in [-0.15, -0.1) is 11.8 Å². The van der Waals surface area contributed by atoms with E-state index in [2.05, 4.69) is 38.2 Å². The van der Waals surface area contributed by atoms with Crippen molar-refractivity contribution in [1.82, 2.24) is 0 Å². The Kier molecular flexibility index (Phi) is 6.11. The number of anilines is 2. The summed E-state index contributed by atoms with van der Waals surface area (Å²) in [5, 5.41) is 2.86. The molecule has 1 fully saturated rings. The molecule has 1 unspecified atom stereocenters. The summed E-state index contributed by atoms with van der Waals surface area (Å²) in [6.45, 7) is 8.54. The van der Waals surface area contributed by atoms with Crippen molar-refractivity contribution in [1.29, 1.82) is 0 Å². The predicted octanol–water partition coefficient (Wildman–Crippen LogP) is 6.32. The van der Waals surface area contributed by atoms with Crippen LogP contribution in [0.3, 0.4) is 0 Å². The summed E-state index contributed by atoms with van der Waals surface area (Å²) >= 11 is 1.62. The van der Waals surface area contributed by atoms with Gasteiger partial charge >= 0.3 is 0 Å². The fourth-order valence-electron chi connectivity index (χ4n) is 3.71. The average molecular weight is 445 g/mol. The number of rotatable bonds is 4. The van der Waals surface area contributed by atoms with Crippen LogP contribution in [0.2, 0.25) is 0 Å². The van der Waals surface area contributed by atoms with Gasteiger partial charge in [-0.25, -0.2) is 0 Å². The zero-order chi connectivity index (χ0) is 22.9. The van der Waals surface area contributed by atoms with Gasteiger partial charge in [0.2, 0.25) is 5.91 Å². The van der Waals surface area contributed by atoms with E-state index in [0.717, 1.165) is 22.5 Å². The Morgan fingerprint density at radius 1 is 0.938 bits per heavy atom. The van der Waals surface area contributed by atoms with E-state index in [0.29, 0.717) is 11.3 Å². The van der Waals surface area contributed by atoms with E-state index in [4.69, 9.17) is 0 Å². The summed E-state index contributed by atoms with van der Waals surface area (Å²) in [6, 6.07) is 23.5. The van der Waals surface area contributed by atoms with Crippen LogP contribution in [0.25, 0.3) is 0 Å². The van der Waals surface area contributed by atoms with E-state index in [-0.39, 0.29) is 22.6 Å².